The van der Waals surface area contributed by atoms with E-state index < -0.39 is 100 Å². The lowest BCUT2D eigenvalue weighted by Crippen LogP contribution is -2.62. The van der Waals surface area contributed by atoms with Gasteiger partial charge in [-0.25, -0.2) is 9.59 Å². The van der Waals surface area contributed by atoms with Crippen molar-refractivity contribution in [3.05, 3.63) is 166 Å². The minimum atomic E-state index is -1.32. The molecule has 2 aliphatic heterocycles. The van der Waals surface area contributed by atoms with Gasteiger partial charge in [0.15, 0.2) is 0 Å². The number of hydrogen-bond acceptors (Lipinski definition) is 10. The third-order valence-electron chi connectivity index (χ3n) is 19.1. The number of carbonyl (C=O) groups is 8. The van der Waals surface area contributed by atoms with Gasteiger partial charge in [0, 0.05) is 52.2 Å². The molecule has 19 nitrogen and oxygen atoms in total. The Morgan fingerprint density at radius 2 is 1.26 bits per heavy atom. The lowest BCUT2D eigenvalue weighted by molar-refractivity contribution is -0.153. The maximum Gasteiger partial charge on any atom is 0.407 e. The lowest BCUT2D eigenvalue weighted by Gasteiger charge is -2.44. The molecule has 2 heterocycles. The Hall–Kier alpha value is -8.58. The minimum Gasteiger partial charge on any atom is -0.465 e. The van der Waals surface area contributed by atoms with Crippen molar-refractivity contribution < 1.29 is 52.9 Å². The highest BCUT2D eigenvalue weighted by Gasteiger charge is 2.56. The smallest absolute Gasteiger partial charge is 0.407 e. The van der Waals surface area contributed by atoms with E-state index in [0.29, 0.717) is 19.3 Å². The molecule has 1 saturated heterocycles. The predicted molar refractivity (Wildman–Crippen MR) is 339 cm³/mol. The first-order valence-corrected chi connectivity index (χ1v) is 31.5. The average molecular weight is 1230 g/mol. The summed E-state index contributed by atoms with van der Waals surface area (Å²) in [6, 6.07) is 33.6. The number of alkyl carbamates (subject to hydrolysis) is 1. The molecular weight excluding hydrogens is 1140 g/mol. The van der Waals surface area contributed by atoms with Gasteiger partial charge < -0.3 is 50.5 Å². The summed E-state index contributed by atoms with van der Waals surface area (Å²) in [7, 11) is 2.81. The molecule has 476 valence electrons. The van der Waals surface area contributed by atoms with Crippen molar-refractivity contribution in [3.63, 3.8) is 0 Å². The number of ether oxygens (including phenoxy) is 2. The number of hydrogen-bond donors (Lipinski definition) is 5. The van der Waals surface area contributed by atoms with Crippen molar-refractivity contribution in [1.82, 2.24) is 40.9 Å². The maximum absolute atomic E-state index is 16.2. The molecule has 90 heavy (non-hydrogen) atoms. The average Bonchev–Trinajstić information content (AvgIpc) is 1.57. The zero-order valence-electron chi connectivity index (χ0n) is 53.1. The van der Waals surface area contributed by atoms with Gasteiger partial charge in [0.05, 0.1) is 24.1 Å². The van der Waals surface area contributed by atoms with Gasteiger partial charge in [-0.05, 0) is 106 Å². The molecule has 10 rings (SSSR count). The van der Waals surface area contributed by atoms with Crippen LogP contribution < -0.4 is 21.3 Å². The van der Waals surface area contributed by atoms with Gasteiger partial charge in [0.1, 0.15) is 36.8 Å². The number of carboxylic acid groups (broad SMARTS) is 1. The molecule has 8 amide bonds. The fourth-order valence-electron chi connectivity index (χ4n) is 13.6. The van der Waals surface area contributed by atoms with Crippen LogP contribution >= 0.6 is 0 Å². The summed E-state index contributed by atoms with van der Waals surface area (Å²) < 4.78 is 11.9. The third-order valence-corrected chi connectivity index (χ3v) is 19.1. The monoisotopic (exact) mass is 1230 g/mol. The standard InChI is InChI=1S/C71H86N8O11/c1-43(76(8)68(87)88)61(80)74-59(69(2,3)4)64(83)78-39-48(37-56(78)62(81)73-55-33-21-27-44-22-15-16-28-49(44)55)72-66(85)71(34-35-71)42-79(58(41-89-9)45-23-11-10-12-24-45)63(82)57-36-46-25-13-14-26-47(46)38-77(57)65(84)60(70(5,6)7)75-67(86)90-40-54-52-31-19-17-29-50(52)51-30-18-20-32-53(51)54/h10-20,22-26,28-32,43,48,54-60H,21,27,33-42H2,1-9H3,(H,72,85)(H,73,81)(H,74,80)(H,75,86)(H,87,88)/t43-,48-,55+,56-,57-,58+,59+,60+/m0/s1. The van der Waals surface area contributed by atoms with Gasteiger partial charge in [-0.1, -0.05) is 169 Å². The molecule has 5 aliphatic rings. The number of likely N-dealkylation sites (N-methyl/N-ethyl adjacent to an activating group) is 1. The molecule has 5 N–H and O–H groups in total. The Kier molecular flexibility index (Phi) is 18.9. The zero-order valence-corrected chi connectivity index (χ0v) is 53.1. The predicted octanol–water partition coefficient (Wildman–Crippen LogP) is 8.70. The summed E-state index contributed by atoms with van der Waals surface area (Å²) >= 11 is 0. The summed E-state index contributed by atoms with van der Waals surface area (Å²) in [5, 5.41) is 21.9. The largest absolute Gasteiger partial charge is 0.465 e. The first-order valence-electron chi connectivity index (χ1n) is 31.5. The van der Waals surface area contributed by atoms with Crippen LogP contribution in [0.1, 0.15) is 138 Å². The molecule has 0 radical (unpaired) electrons. The number of aryl methyl sites for hydroxylation is 1. The van der Waals surface area contributed by atoms with E-state index in [1.165, 1.54) is 18.9 Å². The van der Waals surface area contributed by atoms with Crippen molar-refractivity contribution >= 4 is 47.6 Å². The SMILES string of the molecule is COC[C@H](c1ccccc1)N(CC1(C(=O)N[C@H]2C[C@@H](C(=O)N[C@@H]3CCCc4ccccc43)N(C(=O)[C@@H](NC(=O)[C@H](C)N(C)C(=O)O)C(C)(C)C)C2)CC1)C(=O)[C@@H]1Cc2ccccc2CN1C(=O)[C@@H](NC(=O)OCC1c2ccccc2-c2ccccc21)C(C)(C)C. The molecule has 5 aromatic carbocycles. The second-order valence-corrected chi connectivity index (χ2v) is 27.3. The van der Waals surface area contributed by atoms with E-state index in [9.17, 15) is 24.3 Å². The summed E-state index contributed by atoms with van der Waals surface area (Å²) in [4.78, 5) is 123. The maximum atomic E-state index is 16.2. The Morgan fingerprint density at radius 3 is 1.87 bits per heavy atom. The van der Waals surface area contributed by atoms with Crippen LogP contribution in [-0.4, -0.2) is 149 Å². The van der Waals surface area contributed by atoms with E-state index in [4.69, 9.17) is 9.47 Å². The zero-order chi connectivity index (χ0) is 64.4. The van der Waals surface area contributed by atoms with E-state index in [0.717, 1.165) is 67.8 Å². The Labute approximate surface area is 527 Å². The second kappa shape index (κ2) is 26.5. The minimum absolute atomic E-state index is 0.0309. The highest BCUT2D eigenvalue weighted by atomic mass is 16.5. The molecule has 3 aliphatic carbocycles. The van der Waals surface area contributed by atoms with Crippen LogP contribution in [0.15, 0.2) is 127 Å². The van der Waals surface area contributed by atoms with Gasteiger partial charge in [-0.2, -0.15) is 0 Å². The summed E-state index contributed by atoms with van der Waals surface area (Å²) in [6.45, 7) is 12.3. The molecule has 1 saturated carbocycles. The molecule has 8 atom stereocenters. The molecule has 5 aromatic rings. The van der Waals surface area contributed by atoms with Gasteiger partial charge in [0.2, 0.25) is 35.4 Å². The number of amides is 8. The van der Waals surface area contributed by atoms with Crippen LogP contribution in [0.3, 0.4) is 0 Å². The number of methoxy groups -OCH3 is 1. The molecule has 0 unspecified atom stereocenters. The highest BCUT2D eigenvalue weighted by molar-refractivity contribution is 5.96. The number of fused-ring (bicyclic) bond motifs is 5. The second-order valence-electron chi connectivity index (χ2n) is 27.3. The van der Waals surface area contributed by atoms with Crippen LogP contribution in [0.5, 0.6) is 0 Å². The molecule has 0 aromatic heterocycles. The number of benzene rings is 5. The van der Waals surface area contributed by atoms with Crippen LogP contribution in [0.25, 0.3) is 11.1 Å². The van der Waals surface area contributed by atoms with Crippen LogP contribution in [0.4, 0.5) is 9.59 Å². The van der Waals surface area contributed by atoms with Crippen molar-refractivity contribution in [1.29, 1.82) is 0 Å². The first-order chi connectivity index (χ1) is 42.9. The Bertz CT molecular complexity index is 3480. The molecular formula is C71H86N8O11. The van der Waals surface area contributed by atoms with Gasteiger partial charge >= 0.3 is 12.2 Å². The molecule has 19 heteroatoms. The normalized spacial score (nSPS) is 20.3. The highest BCUT2D eigenvalue weighted by Crippen LogP contribution is 2.49. The van der Waals surface area contributed by atoms with E-state index in [1.54, 1.807) is 37.7 Å². The van der Waals surface area contributed by atoms with E-state index in [1.807, 2.05) is 136 Å². The van der Waals surface area contributed by atoms with Gasteiger partial charge in [0.25, 0.3) is 0 Å². The Morgan fingerprint density at radius 1 is 0.689 bits per heavy atom. The fourth-order valence-corrected chi connectivity index (χ4v) is 13.6. The van der Waals surface area contributed by atoms with Gasteiger partial charge in [-0.3, -0.25) is 33.7 Å². The topological polar surface area (TPSA) is 236 Å². The number of carbonyl (C=O) groups excluding carboxylic acids is 7. The number of nitrogens with one attached hydrogen (secondary N) is 4. The fraction of sp³-hybridized carbons (Fsp3) is 0.465. The molecule has 2 fully saturated rings. The van der Waals surface area contributed by atoms with Crippen LogP contribution in [0, 0.1) is 16.2 Å². The number of likely N-dealkylation sites (tertiary alicyclic amines) is 1. The van der Waals surface area contributed by atoms with Crippen LogP contribution in [0.2, 0.25) is 0 Å². The van der Waals surface area contributed by atoms with E-state index in [-0.39, 0.29) is 63.6 Å². The lowest BCUT2D eigenvalue weighted by atomic mass is 9.84. The number of nitrogens with zero attached hydrogens (tertiary/aromatic N) is 4. The summed E-state index contributed by atoms with van der Waals surface area (Å²) in [6.07, 6.45) is 1.25. The number of rotatable bonds is 19. The quantitative estimate of drug-likeness (QED) is 0.0524. The van der Waals surface area contributed by atoms with Crippen molar-refractivity contribution in [2.45, 2.75) is 154 Å². The molecule has 0 bridgehead atoms. The van der Waals surface area contributed by atoms with Crippen molar-refractivity contribution in [2.75, 3.05) is 40.5 Å². The Balaban J connectivity index is 0.928. The van der Waals surface area contributed by atoms with E-state index >= 15 is 19.2 Å². The van der Waals surface area contributed by atoms with Crippen LogP contribution in [-0.2, 0) is 57.6 Å². The molecule has 0 spiro atoms. The van der Waals surface area contributed by atoms with Crippen molar-refractivity contribution in [2.24, 2.45) is 16.2 Å². The first kappa shape index (κ1) is 64.4. The summed E-state index contributed by atoms with van der Waals surface area (Å²) in [5.74, 6) is -3.18. The summed E-state index contributed by atoms with van der Waals surface area (Å²) in [5.41, 5.74) is 5.90. The van der Waals surface area contributed by atoms with E-state index in [2.05, 4.69) is 33.4 Å². The van der Waals surface area contributed by atoms with Gasteiger partial charge in [-0.15, -0.1) is 0 Å². The van der Waals surface area contributed by atoms with Crippen molar-refractivity contribution in [3.8, 4) is 11.1 Å². The third kappa shape index (κ3) is 13.6.